The van der Waals surface area contributed by atoms with Crippen molar-refractivity contribution in [3.8, 4) is 5.75 Å². The molecule has 4 nitrogen and oxygen atoms in total. The number of amides is 1. The summed E-state index contributed by atoms with van der Waals surface area (Å²) < 4.78 is 5.78. The molecule has 0 saturated carbocycles. The monoisotopic (exact) mass is 380 g/mol. The van der Waals surface area contributed by atoms with Crippen molar-refractivity contribution in [3.05, 3.63) is 82.6 Å². The zero-order valence-electron chi connectivity index (χ0n) is 15.6. The molecular formula is C22H24N2O2S. The van der Waals surface area contributed by atoms with E-state index in [0.29, 0.717) is 6.61 Å². The van der Waals surface area contributed by atoms with Gasteiger partial charge in [-0.25, -0.2) is 0 Å². The molecule has 0 aliphatic heterocycles. The average Bonchev–Trinajstić information content (AvgIpc) is 3.20. The number of thiophene rings is 1. The van der Waals surface area contributed by atoms with Gasteiger partial charge in [0.05, 0.1) is 6.04 Å². The second kappa shape index (κ2) is 9.35. The highest BCUT2D eigenvalue weighted by Crippen LogP contribution is 2.18. The van der Waals surface area contributed by atoms with Crippen LogP contribution in [0.4, 0.5) is 5.69 Å². The van der Waals surface area contributed by atoms with Crippen molar-refractivity contribution in [1.29, 1.82) is 0 Å². The molecule has 0 spiro atoms. The number of likely N-dealkylation sites (N-methyl/N-ethyl adjacent to an activating group) is 1. The summed E-state index contributed by atoms with van der Waals surface area (Å²) >= 11 is 1.67. The first-order valence-corrected chi connectivity index (χ1v) is 9.85. The van der Waals surface area contributed by atoms with Gasteiger partial charge in [-0.3, -0.25) is 9.69 Å². The van der Waals surface area contributed by atoms with E-state index in [1.54, 1.807) is 11.3 Å². The van der Waals surface area contributed by atoms with E-state index >= 15 is 0 Å². The smallest absolute Gasteiger partial charge is 0.241 e. The highest BCUT2D eigenvalue weighted by molar-refractivity contribution is 7.07. The number of anilines is 1. The largest absolute Gasteiger partial charge is 0.489 e. The Kier molecular flexibility index (Phi) is 6.63. The number of benzene rings is 2. The lowest BCUT2D eigenvalue weighted by Gasteiger charge is -2.23. The Balaban J connectivity index is 1.50. The van der Waals surface area contributed by atoms with Crippen LogP contribution in [0.2, 0.25) is 0 Å². The third-order valence-corrected chi connectivity index (χ3v) is 5.15. The Labute approximate surface area is 164 Å². The third kappa shape index (κ3) is 5.67. The molecule has 5 heteroatoms. The third-order valence-electron chi connectivity index (χ3n) is 4.42. The van der Waals surface area contributed by atoms with E-state index in [1.807, 2.05) is 73.5 Å². The molecule has 0 radical (unpaired) electrons. The van der Waals surface area contributed by atoms with Gasteiger partial charge in [0, 0.05) is 12.2 Å². The number of nitrogens with one attached hydrogen (secondary N) is 1. The van der Waals surface area contributed by atoms with Crippen molar-refractivity contribution in [2.75, 3.05) is 12.4 Å². The second-order valence-corrected chi connectivity index (χ2v) is 7.29. The van der Waals surface area contributed by atoms with Crippen LogP contribution in [-0.4, -0.2) is 23.9 Å². The minimum absolute atomic E-state index is 0.0225. The van der Waals surface area contributed by atoms with Gasteiger partial charge < -0.3 is 10.1 Å². The fourth-order valence-corrected chi connectivity index (χ4v) is 3.29. The number of ether oxygens (including phenoxy) is 1. The van der Waals surface area contributed by atoms with E-state index in [2.05, 4.69) is 22.1 Å². The highest BCUT2D eigenvalue weighted by Gasteiger charge is 2.18. The maximum atomic E-state index is 12.5. The molecule has 0 fully saturated rings. The summed E-state index contributed by atoms with van der Waals surface area (Å²) in [4.78, 5) is 14.5. The SMILES string of the molecule is C[C@@H](C(=O)Nc1ccc(OCc2ccccc2)cc1)N(C)Cc1ccsc1. The summed E-state index contributed by atoms with van der Waals surface area (Å²) in [7, 11) is 1.96. The molecule has 1 amide bonds. The summed E-state index contributed by atoms with van der Waals surface area (Å²) in [5.74, 6) is 0.755. The van der Waals surface area contributed by atoms with E-state index in [0.717, 1.165) is 23.5 Å². The van der Waals surface area contributed by atoms with Crippen molar-refractivity contribution >= 4 is 22.9 Å². The molecule has 3 aromatic rings. The zero-order chi connectivity index (χ0) is 19.1. The minimum Gasteiger partial charge on any atom is -0.489 e. The van der Waals surface area contributed by atoms with Crippen LogP contribution in [-0.2, 0) is 17.9 Å². The average molecular weight is 381 g/mol. The Morgan fingerprint density at radius 2 is 1.81 bits per heavy atom. The Bertz CT molecular complexity index is 833. The van der Waals surface area contributed by atoms with Gasteiger partial charge in [-0.15, -0.1) is 0 Å². The van der Waals surface area contributed by atoms with Crippen molar-refractivity contribution < 1.29 is 9.53 Å². The molecule has 1 aromatic heterocycles. The van der Waals surface area contributed by atoms with E-state index < -0.39 is 0 Å². The van der Waals surface area contributed by atoms with Gasteiger partial charge in [-0.05, 0) is 66.2 Å². The summed E-state index contributed by atoms with van der Waals surface area (Å²) in [6.45, 7) is 3.19. The van der Waals surface area contributed by atoms with E-state index in [4.69, 9.17) is 4.74 Å². The molecule has 0 aliphatic rings. The highest BCUT2D eigenvalue weighted by atomic mass is 32.1. The number of hydrogen-bond acceptors (Lipinski definition) is 4. The van der Waals surface area contributed by atoms with Crippen molar-refractivity contribution in [1.82, 2.24) is 4.90 Å². The number of carbonyl (C=O) groups excluding carboxylic acids is 1. The lowest BCUT2D eigenvalue weighted by molar-refractivity contribution is -0.120. The van der Waals surface area contributed by atoms with E-state index in [-0.39, 0.29) is 11.9 Å². The molecule has 27 heavy (non-hydrogen) atoms. The van der Waals surface area contributed by atoms with Crippen LogP contribution >= 0.6 is 11.3 Å². The first kappa shape index (κ1) is 19.1. The van der Waals surface area contributed by atoms with Crippen molar-refractivity contribution in [2.24, 2.45) is 0 Å². The van der Waals surface area contributed by atoms with E-state index in [1.165, 1.54) is 5.56 Å². The van der Waals surface area contributed by atoms with Gasteiger partial charge in [-0.2, -0.15) is 11.3 Å². The molecule has 0 bridgehead atoms. The molecule has 2 aromatic carbocycles. The summed E-state index contributed by atoms with van der Waals surface area (Å²) in [5, 5.41) is 7.13. The normalized spacial score (nSPS) is 12.0. The molecule has 1 atom stereocenters. The van der Waals surface area contributed by atoms with Gasteiger partial charge in [0.25, 0.3) is 0 Å². The lowest BCUT2D eigenvalue weighted by atomic mass is 10.2. The topological polar surface area (TPSA) is 41.6 Å². The molecule has 3 rings (SSSR count). The molecular weight excluding hydrogens is 356 g/mol. The van der Waals surface area contributed by atoms with Crippen molar-refractivity contribution in [3.63, 3.8) is 0 Å². The molecule has 0 aliphatic carbocycles. The molecule has 140 valence electrons. The number of nitrogens with zero attached hydrogens (tertiary/aromatic N) is 1. The summed E-state index contributed by atoms with van der Waals surface area (Å²) in [6.07, 6.45) is 0. The maximum Gasteiger partial charge on any atom is 0.241 e. The molecule has 0 unspecified atom stereocenters. The predicted molar refractivity (Wildman–Crippen MR) is 111 cm³/mol. The number of hydrogen-bond donors (Lipinski definition) is 1. The van der Waals surface area contributed by atoms with Crippen LogP contribution in [0.3, 0.4) is 0 Å². The van der Waals surface area contributed by atoms with Gasteiger partial charge >= 0.3 is 0 Å². The molecule has 1 heterocycles. The Morgan fingerprint density at radius 1 is 1.07 bits per heavy atom. The summed E-state index contributed by atoms with van der Waals surface area (Å²) in [5.41, 5.74) is 3.11. The van der Waals surface area contributed by atoms with E-state index in [9.17, 15) is 4.79 Å². The Morgan fingerprint density at radius 3 is 2.48 bits per heavy atom. The quantitative estimate of drug-likeness (QED) is 0.611. The maximum absolute atomic E-state index is 12.5. The first-order chi connectivity index (χ1) is 13.1. The van der Waals surface area contributed by atoms with Gasteiger partial charge in [0.2, 0.25) is 5.91 Å². The van der Waals surface area contributed by atoms with Crippen LogP contribution in [0, 0.1) is 0 Å². The van der Waals surface area contributed by atoms with Crippen LogP contribution in [0.25, 0.3) is 0 Å². The standard InChI is InChI=1S/C22H24N2O2S/c1-17(24(2)14-19-12-13-27-16-19)22(25)23-20-8-10-21(11-9-20)26-15-18-6-4-3-5-7-18/h3-13,16-17H,14-15H2,1-2H3,(H,23,25)/t17-/m0/s1. The fourth-order valence-electron chi connectivity index (χ4n) is 2.63. The van der Waals surface area contributed by atoms with Crippen molar-refractivity contribution in [2.45, 2.75) is 26.1 Å². The van der Waals surface area contributed by atoms with Crippen LogP contribution < -0.4 is 10.1 Å². The van der Waals surface area contributed by atoms with Gasteiger partial charge in [0.15, 0.2) is 0 Å². The summed E-state index contributed by atoms with van der Waals surface area (Å²) in [6, 6.07) is 19.4. The fraction of sp³-hybridized carbons (Fsp3) is 0.227. The van der Waals surface area contributed by atoms with Crippen LogP contribution in [0.5, 0.6) is 5.75 Å². The molecule has 1 N–H and O–H groups in total. The number of carbonyl (C=O) groups is 1. The zero-order valence-corrected chi connectivity index (χ0v) is 16.4. The van der Waals surface area contributed by atoms with Gasteiger partial charge in [-0.1, -0.05) is 30.3 Å². The predicted octanol–water partition coefficient (Wildman–Crippen LogP) is 4.79. The van der Waals surface area contributed by atoms with Gasteiger partial charge in [0.1, 0.15) is 12.4 Å². The molecule has 0 saturated heterocycles. The lowest BCUT2D eigenvalue weighted by Crippen LogP contribution is -2.39. The van der Waals surface area contributed by atoms with Crippen LogP contribution in [0.1, 0.15) is 18.1 Å². The van der Waals surface area contributed by atoms with Crippen LogP contribution in [0.15, 0.2) is 71.4 Å². The second-order valence-electron chi connectivity index (χ2n) is 6.51. The minimum atomic E-state index is -0.223. The Hall–Kier alpha value is -2.63. The first-order valence-electron chi connectivity index (χ1n) is 8.91. The number of rotatable bonds is 8.